The maximum absolute atomic E-state index is 11.8. The van der Waals surface area contributed by atoms with Gasteiger partial charge in [0.25, 0.3) is 0 Å². The first-order valence-corrected chi connectivity index (χ1v) is 4.90. The highest BCUT2D eigenvalue weighted by molar-refractivity contribution is 5.86. The third-order valence-corrected chi connectivity index (χ3v) is 3.13. The van der Waals surface area contributed by atoms with Gasteiger partial charge in [0.05, 0.1) is 0 Å². The topological polar surface area (TPSA) is 17.1 Å². The Kier molecular flexibility index (Phi) is 2.33. The molecule has 0 aliphatic heterocycles. The SMILES string of the molecule is CC1CC(C)(C)C(C(C)C)C1=O. The number of ketones is 1. The molecule has 0 bridgehead atoms. The molecule has 1 aliphatic rings. The molecule has 1 saturated carbocycles. The molecule has 0 heterocycles. The normalized spacial score (nSPS) is 34.7. The van der Waals surface area contributed by atoms with Crippen LogP contribution in [0.2, 0.25) is 0 Å². The summed E-state index contributed by atoms with van der Waals surface area (Å²) < 4.78 is 0. The zero-order valence-corrected chi connectivity index (χ0v) is 8.85. The van der Waals surface area contributed by atoms with Gasteiger partial charge in [-0.2, -0.15) is 0 Å². The second-order valence-electron chi connectivity index (χ2n) is 5.22. The summed E-state index contributed by atoms with van der Waals surface area (Å²) in [6, 6.07) is 0. The molecule has 1 aliphatic carbocycles. The van der Waals surface area contributed by atoms with E-state index in [0.29, 0.717) is 11.7 Å². The number of hydrogen-bond acceptors (Lipinski definition) is 1. The van der Waals surface area contributed by atoms with Crippen molar-refractivity contribution in [2.45, 2.75) is 41.0 Å². The lowest BCUT2D eigenvalue weighted by molar-refractivity contribution is -0.125. The smallest absolute Gasteiger partial charge is 0.139 e. The Balaban J connectivity index is 2.89. The lowest BCUT2D eigenvalue weighted by atomic mass is 9.75. The summed E-state index contributed by atoms with van der Waals surface area (Å²) >= 11 is 0. The van der Waals surface area contributed by atoms with Crippen LogP contribution >= 0.6 is 0 Å². The molecule has 1 rings (SSSR count). The molecular formula is C11H20O. The average molecular weight is 168 g/mol. The summed E-state index contributed by atoms with van der Waals surface area (Å²) in [5.74, 6) is 1.55. The summed E-state index contributed by atoms with van der Waals surface area (Å²) in [6.45, 7) is 10.8. The fourth-order valence-corrected chi connectivity index (χ4v) is 2.94. The third kappa shape index (κ3) is 1.41. The van der Waals surface area contributed by atoms with Gasteiger partial charge in [-0.1, -0.05) is 34.6 Å². The molecule has 70 valence electrons. The number of carbonyl (C=O) groups is 1. The molecule has 0 spiro atoms. The van der Waals surface area contributed by atoms with Crippen molar-refractivity contribution in [3.63, 3.8) is 0 Å². The zero-order valence-electron chi connectivity index (χ0n) is 8.85. The molecule has 0 aromatic rings. The Morgan fingerprint density at radius 2 is 1.92 bits per heavy atom. The van der Waals surface area contributed by atoms with Crippen LogP contribution in [-0.2, 0) is 4.79 Å². The average Bonchev–Trinajstić information content (AvgIpc) is 2.01. The number of hydrogen-bond donors (Lipinski definition) is 0. The van der Waals surface area contributed by atoms with E-state index < -0.39 is 0 Å². The molecule has 0 amide bonds. The van der Waals surface area contributed by atoms with E-state index in [0.717, 1.165) is 6.42 Å². The maximum atomic E-state index is 11.8. The van der Waals surface area contributed by atoms with Crippen molar-refractivity contribution in [2.75, 3.05) is 0 Å². The standard InChI is InChI=1S/C11H20O/c1-7(2)9-10(12)8(3)6-11(9,4)5/h7-9H,6H2,1-5H3. The molecule has 2 atom stereocenters. The van der Waals surface area contributed by atoms with Crippen LogP contribution in [0.3, 0.4) is 0 Å². The van der Waals surface area contributed by atoms with Gasteiger partial charge in [-0.25, -0.2) is 0 Å². The highest BCUT2D eigenvalue weighted by Crippen LogP contribution is 2.46. The van der Waals surface area contributed by atoms with E-state index in [-0.39, 0.29) is 17.3 Å². The molecule has 1 fully saturated rings. The molecule has 1 nitrogen and oxygen atoms in total. The van der Waals surface area contributed by atoms with Crippen molar-refractivity contribution in [1.82, 2.24) is 0 Å². The Morgan fingerprint density at radius 3 is 2.08 bits per heavy atom. The highest BCUT2D eigenvalue weighted by atomic mass is 16.1. The summed E-state index contributed by atoms with van der Waals surface area (Å²) in [5, 5.41) is 0. The molecule has 2 unspecified atom stereocenters. The van der Waals surface area contributed by atoms with Gasteiger partial charge in [-0.3, -0.25) is 4.79 Å². The van der Waals surface area contributed by atoms with Gasteiger partial charge < -0.3 is 0 Å². The fourth-order valence-electron chi connectivity index (χ4n) is 2.94. The molecule has 0 N–H and O–H groups in total. The predicted molar refractivity (Wildman–Crippen MR) is 50.9 cm³/mol. The number of Topliss-reactive ketones (excluding diaryl/α,β-unsaturated/α-hetero) is 1. The van der Waals surface area contributed by atoms with Crippen molar-refractivity contribution in [1.29, 1.82) is 0 Å². The van der Waals surface area contributed by atoms with Crippen LogP contribution in [0, 0.1) is 23.2 Å². The summed E-state index contributed by atoms with van der Waals surface area (Å²) in [7, 11) is 0. The van der Waals surface area contributed by atoms with E-state index in [1.165, 1.54) is 0 Å². The summed E-state index contributed by atoms with van der Waals surface area (Å²) in [6.07, 6.45) is 1.06. The van der Waals surface area contributed by atoms with E-state index in [4.69, 9.17) is 0 Å². The maximum Gasteiger partial charge on any atom is 0.139 e. The Labute approximate surface area is 75.5 Å². The third-order valence-electron chi connectivity index (χ3n) is 3.13. The van der Waals surface area contributed by atoms with E-state index in [2.05, 4.69) is 34.6 Å². The highest BCUT2D eigenvalue weighted by Gasteiger charge is 2.46. The van der Waals surface area contributed by atoms with Crippen LogP contribution in [0.4, 0.5) is 0 Å². The molecule has 0 saturated heterocycles. The zero-order chi connectivity index (χ0) is 9.52. The lowest BCUT2D eigenvalue weighted by Gasteiger charge is -2.28. The van der Waals surface area contributed by atoms with Crippen molar-refractivity contribution in [3.8, 4) is 0 Å². The molecular weight excluding hydrogens is 148 g/mol. The molecule has 0 aromatic carbocycles. The van der Waals surface area contributed by atoms with Crippen molar-refractivity contribution < 1.29 is 4.79 Å². The first-order chi connectivity index (χ1) is 5.36. The van der Waals surface area contributed by atoms with Gasteiger partial charge in [0.1, 0.15) is 5.78 Å². The minimum absolute atomic E-state index is 0.227. The first kappa shape index (κ1) is 9.76. The minimum Gasteiger partial charge on any atom is -0.299 e. The van der Waals surface area contributed by atoms with Gasteiger partial charge in [0.2, 0.25) is 0 Å². The molecule has 1 heteroatoms. The van der Waals surface area contributed by atoms with Gasteiger partial charge in [0.15, 0.2) is 0 Å². The number of rotatable bonds is 1. The Morgan fingerprint density at radius 1 is 1.42 bits per heavy atom. The second-order valence-corrected chi connectivity index (χ2v) is 5.22. The monoisotopic (exact) mass is 168 g/mol. The van der Waals surface area contributed by atoms with Gasteiger partial charge in [-0.05, 0) is 17.8 Å². The van der Waals surface area contributed by atoms with Crippen LogP contribution in [-0.4, -0.2) is 5.78 Å². The molecule has 0 radical (unpaired) electrons. The van der Waals surface area contributed by atoms with Gasteiger partial charge in [-0.15, -0.1) is 0 Å². The van der Waals surface area contributed by atoms with Crippen LogP contribution in [0.15, 0.2) is 0 Å². The molecule has 0 aromatic heterocycles. The van der Waals surface area contributed by atoms with E-state index in [1.54, 1.807) is 0 Å². The quantitative estimate of drug-likeness (QED) is 0.588. The van der Waals surface area contributed by atoms with Gasteiger partial charge in [0, 0.05) is 11.8 Å². The van der Waals surface area contributed by atoms with Crippen LogP contribution < -0.4 is 0 Å². The lowest BCUT2D eigenvalue weighted by Crippen LogP contribution is -2.27. The van der Waals surface area contributed by atoms with Crippen molar-refractivity contribution in [3.05, 3.63) is 0 Å². The van der Waals surface area contributed by atoms with Crippen LogP contribution in [0.25, 0.3) is 0 Å². The Bertz CT molecular complexity index is 191. The van der Waals surface area contributed by atoms with Gasteiger partial charge >= 0.3 is 0 Å². The van der Waals surface area contributed by atoms with E-state index >= 15 is 0 Å². The summed E-state index contributed by atoms with van der Waals surface area (Å²) in [5.41, 5.74) is 0.227. The Hall–Kier alpha value is -0.330. The van der Waals surface area contributed by atoms with E-state index in [1.807, 2.05) is 0 Å². The largest absolute Gasteiger partial charge is 0.299 e. The van der Waals surface area contributed by atoms with Crippen LogP contribution in [0.5, 0.6) is 0 Å². The number of carbonyl (C=O) groups excluding carboxylic acids is 1. The summed E-state index contributed by atoms with van der Waals surface area (Å²) in [4.78, 5) is 11.8. The van der Waals surface area contributed by atoms with Crippen molar-refractivity contribution in [2.24, 2.45) is 23.2 Å². The first-order valence-electron chi connectivity index (χ1n) is 4.90. The predicted octanol–water partition coefficient (Wildman–Crippen LogP) is 2.89. The van der Waals surface area contributed by atoms with Crippen molar-refractivity contribution >= 4 is 5.78 Å². The van der Waals surface area contributed by atoms with E-state index in [9.17, 15) is 4.79 Å². The molecule has 12 heavy (non-hydrogen) atoms. The fraction of sp³-hybridized carbons (Fsp3) is 0.909. The second kappa shape index (κ2) is 2.86. The van der Waals surface area contributed by atoms with Crippen LogP contribution in [0.1, 0.15) is 41.0 Å². The minimum atomic E-state index is 0.227.